The van der Waals surface area contributed by atoms with E-state index in [-0.39, 0.29) is 5.91 Å². The molecule has 2 amide bonds. The normalized spacial score (nSPS) is 11.0. The molecular weight excluding hydrogens is 260 g/mol. The summed E-state index contributed by atoms with van der Waals surface area (Å²) in [5.41, 5.74) is -0.492. The van der Waals surface area contributed by atoms with E-state index >= 15 is 0 Å². The van der Waals surface area contributed by atoms with E-state index in [4.69, 9.17) is 9.47 Å². The lowest BCUT2D eigenvalue weighted by molar-refractivity contribution is -0.121. The van der Waals surface area contributed by atoms with Crippen molar-refractivity contribution < 1.29 is 19.1 Å². The summed E-state index contributed by atoms with van der Waals surface area (Å²) in [6.45, 7) is 9.19. The van der Waals surface area contributed by atoms with E-state index < -0.39 is 11.7 Å². The van der Waals surface area contributed by atoms with E-state index in [0.29, 0.717) is 32.7 Å². The maximum Gasteiger partial charge on any atom is 0.407 e. The highest BCUT2D eigenvalue weighted by atomic mass is 16.6. The molecule has 2 N–H and O–H groups in total. The fraction of sp³-hybridized carbons (Fsp3) is 0.857. The van der Waals surface area contributed by atoms with Crippen molar-refractivity contribution in [3.05, 3.63) is 0 Å². The van der Waals surface area contributed by atoms with E-state index in [0.717, 1.165) is 12.8 Å². The Morgan fingerprint density at radius 2 is 1.65 bits per heavy atom. The first-order valence-corrected chi connectivity index (χ1v) is 7.16. The van der Waals surface area contributed by atoms with Crippen LogP contribution in [-0.2, 0) is 14.3 Å². The molecule has 0 aromatic carbocycles. The molecule has 6 nitrogen and oxygen atoms in total. The van der Waals surface area contributed by atoms with Crippen molar-refractivity contribution in [1.82, 2.24) is 10.6 Å². The van der Waals surface area contributed by atoms with E-state index in [1.165, 1.54) is 0 Å². The Bertz CT molecular complexity index is 287. The second kappa shape index (κ2) is 10.5. The molecule has 0 aromatic rings. The molecule has 0 aliphatic heterocycles. The Morgan fingerprint density at radius 3 is 2.20 bits per heavy atom. The van der Waals surface area contributed by atoms with Crippen LogP contribution in [0.15, 0.2) is 0 Å². The molecule has 0 saturated carbocycles. The predicted molar refractivity (Wildman–Crippen MR) is 77.6 cm³/mol. The fourth-order valence-electron chi connectivity index (χ4n) is 1.33. The number of ether oxygens (including phenoxy) is 2. The molecule has 0 heterocycles. The van der Waals surface area contributed by atoms with Gasteiger partial charge in [-0.15, -0.1) is 0 Å². The minimum Gasteiger partial charge on any atom is -0.444 e. The zero-order valence-corrected chi connectivity index (χ0v) is 13.1. The largest absolute Gasteiger partial charge is 0.444 e. The van der Waals surface area contributed by atoms with Crippen molar-refractivity contribution in [3.63, 3.8) is 0 Å². The van der Waals surface area contributed by atoms with Gasteiger partial charge in [-0.2, -0.15) is 0 Å². The minimum absolute atomic E-state index is 0.0577. The molecule has 0 spiro atoms. The van der Waals surface area contributed by atoms with Crippen LogP contribution in [0.2, 0.25) is 0 Å². The van der Waals surface area contributed by atoms with E-state index in [1.807, 2.05) is 27.7 Å². The zero-order chi connectivity index (χ0) is 15.4. The molecule has 0 aliphatic rings. The van der Waals surface area contributed by atoms with Crippen molar-refractivity contribution in [2.45, 2.75) is 52.6 Å². The molecular formula is C14H28N2O4. The topological polar surface area (TPSA) is 76.7 Å². The quantitative estimate of drug-likeness (QED) is 0.635. The van der Waals surface area contributed by atoms with Crippen LogP contribution in [0.25, 0.3) is 0 Å². The third kappa shape index (κ3) is 13.1. The first-order chi connectivity index (χ1) is 9.35. The highest BCUT2D eigenvalue weighted by Gasteiger charge is 2.15. The molecule has 0 fully saturated rings. The Balaban J connectivity index is 3.37. The lowest BCUT2D eigenvalue weighted by Crippen LogP contribution is -2.34. The van der Waals surface area contributed by atoms with Gasteiger partial charge in [0.2, 0.25) is 5.91 Å². The summed E-state index contributed by atoms with van der Waals surface area (Å²) in [5, 5.41) is 5.37. The van der Waals surface area contributed by atoms with E-state index in [1.54, 1.807) is 0 Å². The summed E-state index contributed by atoms with van der Waals surface area (Å²) in [6, 6.07) is 0. The Kier molecular flexibility index (Phi) is 9.80. The number of carbonyl (C=O) groups is 2. The molecule has 118 valence electrons. The summed E-state index contributed by atoms with van der Waals surface area (Å²) in [6.07, 6.45) is 2.04. The van der Waals surface area contributed by atoms with E-state index in [2.05, 4.69) is 10.6 Å². The summed E-state index contributed by atoms with van der Waals surface area (Å²) >= 11 is 0. The van der Waals surface area contributed by atoms with Crippen LogP contribution in [0.3, 0.4) is 0 Å². The van der Waals surface area contributed by atoms with Gasteiger partial charge in [0.05, 0.1) is 13.2 Å². The molecule has 0 radical (unpaired) electrons. The van der Waals surface area contributed by atoms with Crippen LogP contribution in [0.5, 0.6) is 0 Å². The number of alkyl carbamates (subject to hydrolysis) is 1. The zero-order valence-electron chi connectivity index (χ0n) is 13.1. The Labute approximate surface area is 121 Å². The van der Waals surface area contributed by atoms with Crippen LogP contribution >= 0.6 is 0 Å². The van der Waals surface area contributed by atoms with E-state index in [9.17, 15) is 9.59 Å². The predicted octanol–water partition coefficient (Wildman–Crippen LogP) is 1.83. The SMILES string of the molecule is CCCCC(=O)NCCOCCNC(=O)OC(C)(C)C. The second-order valence-corrected chi connectivity index (χ2v) is 5.49. The standard InChI is InChI=1S/C14H28N2O4/c1-5-6-7-12(17)15-8-10-19-11-9-16-13(18)20-14(2,3)4/h5-11H2,1-4H3,(H,15,17)(H,16,18). The molecule has 0 unspecified atom stereocenters. The first-order valence-electron chi connectivity index (χ1n) is 7.16. The number of nitrogens with one attached hydrogen (secondary N) is 2. The van der Waals surface area contributed by atoms with Crippen molar-refractivity contribution in [1.29, 1.82) is 0 Å². The molecule has 0 rings (SSSR count). The second-order valence-electron chi connectivity index (χ2n) is 5.49. The van der Waals surface area contributed by atoms with Gasteiger partial charge in [-0.1, -0.05) is 13.3 Å². The summed E-state index contributed by atoms with van der Waals surface area (Å²) in [7, 11) is 0. The van der Waals surface area contributed by atoms with Gasteiger partial charge in [-0.05, 0) is 27.2 Å². The highest BCUT2D eigenvalue weighted by Crippen LogP contribution is 2.05. The highest BCUT2D eigenvalue weighted by molar-refractivity contribution is 5.75. The number of hydrogen-bond acceptors (Lipinski definition) is 4. The Hall–Kier alpha value is -1.30. The van der Waals surface area contributed by atoms with Crippen molar-refractivity contribution in [3.8, 4) is 0 Å². The molecule has 0 bridgehead atoms. The van der Waals surface area contributed by atoms with Crippen LogP contribution < -0.4 is 10.6 Å². The Morgan fingerprint density at radius 1 is 1.05 bits per heavy atom. The van der Waals surface area contributed by atoms with Crippen molar-refractivity contribution >= 4 is 12.0 Å². The van der Waals surface area contributed by atoms with Gasteiger partial charge in [0.15, 0.2) is 0 Å². The minimum atomic E-state index is -0.492. The number of hydrogen-bond donors (Lipinski definition) is 2. The third-order valence-corrected chi connectivity index (χ3v) is 2.24. The number of amides is 2. The molecule has 6 heteroatoms. The lowest BCUT2D eigenvalue weighted by atomic mass is 10.2. The third-order valence-electron chi connectivity index (χ3n) is 2.24. The molecule has 0 aromatic heterocycles. The van der Waals surface area contributed by atoms with Gasteiger partial charge in [-0.3, -0.25) is 4.79 Å². The van der Waals surface area contributed by atoms with Gasteiger partial charge in [0.1, 0.15) is 5.60 Å². The first kappa shape index (κ1) is 18.7. The van der Waals surface area contributed by atoms with Crippen molar-refractivity contribution in [2.24, 2.45) is 0 Å². The van der Waals surface area contributed by atoms with Gasteiger partial charge in [0.25, 0.3) is 0 Å². The van der Waals surface area contributed by atoms with Crippen molar-refractivity contribution in [2.75, 3.05) is 26.3 Å². The number of rotatable bonds is 9. The molecule has 0 saturated heterocycles. The average molecular weight is 288 g/mol. The average Bonchev–Trinajstić information content (AvgIpc) is 2.33. The van der Waals surface area contributed by atoms with Gasteiger partial charge in [-0.25, -0.2) is 4.79 Å². The van der Waals surface area contributed by atoms with Crippen LogP contribution in [0.4, 0.5) is 4.79 Å². The fourth-order valence-corrected chi connectivity index (χ4v) is 1.33. The molecule has 0 aliphatic carbocycles. The van der Waals surface area contributed by atoms with Gasteiger partial charge in [0, 0.05) is 19.5 Å². The summed E-state index contributed by atoms with van der Waals surface area (Å²) in [5.74, 6) is 0.0577. The number of carbonyl (C=O) groups excluding carboxylic acids is 2. The summed E-state index contributed by atoms with van der Waals surface area (Å²) < 4.78 is 10.4. The number of unbranched alkanes of at least 4 members (excludes halogenated alkanes) is 1. The smallest absolute Gasteiger partial charge is 0.407 e. The monoisotopic (exact) mass is 288 g/mol. The van der Waals surface area contributed by atoms with Crippen LogP contribution in [0, 0.1) is 0 Å². The summed E-state index contributed by atoms with van der Waals surface area (Å²) in [4.78, 5) is 22.6. The molecule has 0 atom stereocenters. The maximum absolute atomic E-state index is 11.3. The van der Waals surface area contributed by atoms with Crippen LogP contribution in [-0.4, -0.2) is 43.9 Å². The van der Waals surface area contributed by atoms with Gasteiger partial charge >= 0.3 is 6.09 Å². The molecule has 20 heavy (non-hydrogen) atoms. The maximum atomic E-state index is 11.3. The lowest BCUT2D eigenvalue weighted by Gasteiger charge is -2.19. The van der Waals surface area contributed by atoms with Crippen LogP contribution in [0.1, 0.15) is 47.0 Å². The van der Waals surface area contributed by atoms with Gasteiger partial charge < -0.3 is 20.1 Å².